The molecule has 1 aromatic heterocycles. The average molecular weight is 444 g/mol. The van der Waals surface area contributed by atoms with Crippen molar-refractivity contribution < 1.29 is 32.7 Å². The van der Waals surface area contributed by atoms with E-state index in [2.05, 4.69) is 20.3 Å². The number of hydrogen-bond donors (Lipinski definition) is 3. The highest BCUT2D eigenvalue weighted by atomic mass is 32.2. The summed E-state index contributed by atoms with van der Waals surface area (Å²) in [6.45, 7) is -0.417. The first-order chi connectivity index (χ1) is 13.5. The number of anilines is 1. The Kier molecular flexibility index (Phi) is 5.29. The highest BCUT2D eigenvalue weighted by molar-refractivity contribution is 7.94. The Balaban J connectivity index is 1.84. The van der Waals surface area contributed by atoms with Gasteiger partial charge in [0.1, 0.15) is 18.8 Å². The van der Waals surface area contributed by atoms with Crippen molar-refractivity contribution in [3.05, 3.63) is 21.7 Å². The Bertz CT molecular complexity index is 1060. The van der Waals surface area contributed by atoms with Crippen molar-refractivity contribution in [1.82, 2.24) is 20.3 Å². The van der Waals surface area contributed by atoms with E-state index in [9.17, 15) is 27.9 Å². The zero-order valence-corrected chi connectivity index (χ0v) is 16.8. The molecular formula is C14H16N6O7S2. The molecule has 3 heterocycles. The molecule has 0 bridgehead atoms. The Labute approximate surface area is 168 Å². The van der Waals surface area contributed by atoms with E-state index < -0.39 is 39.4 Å². The van der Waals surface area contributed by atoms with E-state index in [4.69, 9.17) is 5.73 Å². The predicted molar refractivity (Wildman–Crippen MR) is 99.9 cm³/mol. The van der Waals surface area contributed by atoms with E-state index in [1.807, 2.05) is 0 Å². The maximum atomic E-state index is 12.7. The van der Waals surface area contributed by atoms with E-state index in [1.54, 1.807) is 0 Å². The molecule has 156 valence electrons. The number of nitrogens with zero attached hydrogens (tertiary/aromatic N) is 4. The summed E-state index contributed by atoms with van der Waals surface area (Å²) in [6.07, 6.45) is 0.866. The van der Waals surface area contributed by atoms with Gasteiger partial charge >= 0.3 is 5.97 Å². The maximum Gasteiger partial charge on any atom is 0.355 e. The molecule has 1 unspecified atom stereocenters. The van der Waals surface area contributed by atoms with Gasteiger partial charge in [0.25, 0.3) is 11.8 Å². The first-order valence-corrected chi connectivity index (χ1v) is 10.7. The number of oxime groups is 1. The van der Waals surface area contributed by atoms with Gasteiger partial charge in [0.05, 0.1) is 11.4 Å². The second-order valence-corrected chi connectivity index (χ2v) is 8.99. The van der Waals surface area contributed by atoms with Gasteiger partial charge in [-0.15, -0.1) is 11.3 Å². The molecule has 0 aromatic carbocycles. The number of carboxylic acid groups (broad SMARTS) is 1. The van der Waals surface area contributed by atoms with Gasteiger partial charge in [-0.25, -0.2) is 28.2 Å². The number of hydrogen-bond acceptors (Lipinski definition) is 11. The van der Waals surface area contributed by atoms with E-state index in [-0.39, 0.29) is 34.5 Å². The highest BCUT2D eigenvalue weighted by Crippen LogP contribution is 2.31. The van der Waals surface area contributed by atoms with E-state index in [0.717, 1.165) is 22.6 Å². The molecule has 2 aliphatic heterocycles. The predicted octanol–water partition coefficient (Wildman–Crippen LogP) is -2.03. The smallest absolute Gasteiger partial charge is 0.355 e. The summed E-state index contributed by atoms with van der Waals surface area (Å²) >= 11 is 1.08. The molecule has 1 fully saturated rings. The van der Waals surface area contributed by atoms with E-state index in [1.165, 1.54) is 17.5 Å². The molecule has 1 aromatic rings. The lowest BCUT2D eigenvalue weighted by Gasteiger charge is -2.18. The number of fused-ring (bicyclic) bond motifs is 1. The number of thiazole rings is 1. The molecule has 4 N–H and O–H groups in total. The minimum atomic E-state index is -3.84. The van der Waals surface area contributed by atoms with Crippen molar-refractivity contribution in [2.24, 2.45) is 5.16 Å². The lowest BCUT2D eigenvalue weighted by molar-refractivity contribution is -0.143. The van der Waals surface area contributed by atoms with Crippen molar-refractivity contribution in [2.45, 2.75) is 6.04 Å². The Morgan fingerprint density at radius 3 is 2.69 bits per heavy atom. The van der Waals surface area contributed by atoms with Gasteiger partial charge < -0.3 is 21.0 Å². The Morgan fingerprint density at radius 2 is 2.17 bits per heavy atom. The third-order valence-electron chi connectivity index (χ3n) is 4.10. The standard InChI is InChI=1S/C14H16N6O7S2/c1-27-18-9(7-5-28-14(15)17-7)11(21)16-6-3-19-4-8(29(2,25)26)10(13(23)24)20(19)12(6)22/h5-6H,3-4H2,1-2H3,(H2,15,17)(H,16,21)(H,23,24). The summed E-state index contributed by atoms with van der Waals surface area (Å²) in [6, 6.07) is -1.13. The molecule has 0 spiro atoms. The second kappa shape index (κ2) is 7.41. The van der Waals surface area contributed by atoms with Crippen LogP contribution in [0.1, 0.15) is 5.69 Å². The summed E-state index contributed by atoms with van der Waals surface area (Å²) < 4.78 is 23.7. The first-order valence-electron chi connectivity index (χ1n) is 7.93. The Morgan fingerprint density at radius 1 is 1.48 bits per heavy atom. The van der Waals surface area contributed by atoms with Crippen LogP contribution in [0.5, 0.6) is 0 Å². The number of amides is 2. The van der Waals surface area contributed by atoms with E-state index in [0.29, 0.717) is 0 Å². The lowest BCUT2D eigenvalue weighted by atomic mass is 10.2. The number of nitrogen functional groups attached to an aromatic ring is 1. The number of sulfone groups is 1. The van der Waals surface area contributed by atoms with Gasteiger partial charge in [0, 0.05) is 18.2 Å². The fourth-order valence-electron chi connectivity index (χ4n) is 2.93. The van der Waals surface area contributed by atoms with Gasteiger partial charge in [-0.3, -0.25) is 9.59 Å². The zero-order chi connectivity index (χ0) is 21.5. The number of carbonyl (C=O) groups excluding carboxylic acids is 2. The molecule has 0 radical (unpaired) electrons. The molecule has 0 aliphatic carbocycles. The summed E-state index contributed by atoms with van der Waals surface area (Å²) in [4.78, 5) is 45.1. The number of nitrogens with two attached hydrogens (primary N) is 1. The van der Waals surface area contributed by atoms with Crippen LogP contribution >= 0.6 is 11.3 Å². The van der Waals surface area contributed by atoms with Crippen LogP contribution in [-0.4, -0.2) is 84.5 Å². The van der Waals surface area contributed by atoms with Gasteiger partial charge in [-0.05, 0) is 0 Å². The second-order valence-electron chi connectivity index (χ2n) is 6.07. The van der Waals surface area contributed by atoms with Crippen LogP contribution < -0.4 is 11.1 Å². The molecule has 15 heteroatoms. The van der Waals surface area contributed by atoms with Gasteiger partial charge in [0.15, 0.2) is 26.4 Å². The zero-order valence-electron chi connectivity index (χ0n) is 15.1. The van der Waals surface area contributed by atoms with Crippen LogP contribution in [0.2, 0.25) is 0 Å². The first kappa shape index (κ1) is 20.7. The molecule has 2 aliphatic rings. The van der Waals surface area contributed by atoms with Crippen molar-refractivity contribution in [1.29, 1.82) is 0 Å². The molecule has 2 amide bonds. The number of carboxylic acids is 1. The van der Waals surface area contributed by atoms with Crippen molar-refractivity contribution in [3.8, 4) is 0 Å². The van der Waals surface area contributed by atoms with Crippen LogP contribution in [0.25, 0.3) is 0 Å². The lowest BCUT2D eigenvalue weighted by Crippen LogP contribution is -2.46. The largest absolute Gasteiger partial charge is 0.476 e. The van der Waals surface area contributed by atoms with Crippen LogP contribution in [0.3, 0.4) is 0 Å². The number of aromatic nitrogens is 1. The molecule has 1 saturated heterocycles. The molecular weight excluding hydrogens is 428 g/mol. The fourth-order valence-corrected chi connectivity index (χ4v) is 4.39. The Hall–Kier alpha value is -3.04. The average Bonchev–Trinajstić information content (AvgIpc) is 3.28. The fraction of sp³-hybridized carbons (Fsp3) is 0.357. The normalized spacial score (nSPS) is 20.2. The van der Waals surface area contributed by atoms with Gasteiger partial charge in [-0.2, -0.15) is 0 Å². The van der Waals surface area contributed by atoms with Crippen molar-refractivity contribution in [2.75, 3.05) is 32.2 Å². The summed E-state index contributed by atoms with van der Waals surface area (Å²) in [5.74, 6) is -3.14. The minimum Gasteiger partial charge on any atom is -0.476 e. The van der Waals surface area contributed by atoms with Gasteiger partial charge in [-0.1, -0.05) is 5.16 Å². The quantitative estimate of drug-likeness (QED) is 0.326. The maximum absolute atomic E-state index is 12.7. The summed E-state index contributed by atoms with van der Waals surface area (Å²) in [5.41, 5.74) is 4.83. The summed E-state index contributed by atoms with van der Waals surface area (Å²) in [7, 11) is -2.61. The van der Waals surface area contributed by atoms with Crippen molar-refractivity contribution >= 4 is 49.8 Å². The number of carbonyl (C=O) groups is 3. The number of hydrazine groups is 1. The third kappa shape index (κ3) is 3.79. The molecule has 1 atom stereocenters. The molecule has 13 nitrogen and oxygen atoms in total. The minimum absolute atomic E-state index is 0.125. The van der Waals surface area contributed by atoms with Crippen LogP contribution in [0.4, 0.5) is 5.13 Å². The number of rotatable bonds is 6. The molecule has 3 rings (SSSR count). The molecule has 29 heavy (non-hydrogen) atoms. The number of aliphatic carboxylic acids is 1. The topological polar surface area (TPSA) is 185 Å². The third-order valence-corrected chi connectivity index (χ3v) is 5.99. The highest BCUT2D eigenvalue weighted by Gasteiger charge is 2.50. The van der Waals surface area contributed by atoms with Crippen molar-refractivity contribution in [3.63, 3.8) is 0 Å². The summed E-state index contributed by atoms with van der Waals surface area (Å²) in [5, 5.41) is 19.1. The molecule has 0 saturated carbocycles. The SMILES string of the molecule is CON=C(C(=O)NC1CN2CC(S(C)(=O)=O)=C(C(=O)O)N2C1=O)c1csc(N)n1. The van der Waals surface area contributed by atoms with Crippen LogP contribution in [-0.2, 0) is 29.1 Å². The van der Waals surface area contributed by atoms with Gasteiger partial charge in [0.2, 0.25) is 0 Å². The monoisotopic (exact) mass is 444 g/mol. The van der Waals surface area contributed by atoms with Crippen LogP contribution in [0.15, 0.2) is 21.1 Å². The van der Waals surface area contributed by atoms with Crippen LogP contribution in [0, 0.1) is 0 Å². The van der Waals surface area contributed by atoms with E-state index >= 15 is 0 Å². The number of nitrogens with one attached hydrogen (secondary N) is 1.